The molecule has 202 valence electrons. The van der Waals surface area contributed by atoms with Gasteiger partial charge in [-0.1, -0.05) is 35.9 Å². The van der Waals surface area contributed by atoms with Crippen molar-refractivity contribution in [1.29, 1.82) is 0 Å². The van der Waals surface area contributed by atoms with Crippen molar-refractivity contribution in [3.8, 4) is 16.9 Å². The van der Waals surface area contributed by atoms with Gasteiger partial charge in [-0.25, -0.2) is 4.79 Å². The van der Waals surface area contributed by atoms with Gasteiger partial charge in [-0.2, -0.15) is 13.2 Å². The van der Waals surface area contributed by atoms with E-state index in [-0.39, 0.29) is 25.1 Å². The molecule has 0 saturated heterocycles. The number of carbonyl (C=O) groups is 2. The van der Waals surface area contributed by atoms with E-state index in [1.807, 2.05) is 0 Å². The standard InChI is InChI=1S/C28H27ClF3NO5/c1-4-33(27(36)38-17(2)19-6-9-22(29)10-7-19)16-20-15-21(28(30,31)32)8-11-23(20)24-13-18(14-26(34)35)5-12-25(24)37-3/h5-13,15,17H,4,14,16H2,1-3H3,(H,34,35). The van der Waals surface area contributed by atoms with Gasteiger partial charge in [-0.15, -0.1) is 0 Å². The largest absolute Gasteiger partial charge is 0.496 e. The predicted octanol–water partition coefficient (Wildman–Crippen LogP) is 7.38. The van der Waals surface area contributed by atoms with Crippen LogP contribution in [0.4, 0.5) is 18.0 Å². The molecule has 0 radical (unpaired) electrons. The van der Waals surface area contributed by atoms with Gasteiger partial charge in [0.2, 0.25) is 0 Å². The fraction of sp³-hybridized carbons (Fsp3) is 0.286. The highest BCUT2D eigenvalue weighted by molar-refractivity contribution is 6.30. The minimum Gasteiger partial charge on any atom is -0.496 e. The van der Waals surface area contributed by atoms with Gasteiger partial charge in [-0.05, 0) is 72.5 Å². The Kier molecular flexibility index (Phi) is 9.27. The molecular weight excluding hydrogens is 523 g/mol. The van der Waals surface area contributed by atoms with Crippen LogP contribution >= 0.6 is 11.6 Å². The lowest BCUT2D eigenvalue weighted by molar-refractivity contribution is -0.138. The monoisotopic (exact) mass is 549 g/mol. The number of hydrogen-bond acceptors (Lipinski definition) is 4. The molecule has 0 aliphatic rings. The van der Waals surface area contributed by atoms with Gasteiger partial charge >= 0.3 is 18.2 Å². The maximum atomic E-state index is 13.6. The fourth-order valence-electron chi connectivity index (χ4n) is 3.95. The summed E-state index contributed by atoms with van der Waals surface area (Å²) < 4.78 is 51.9. The number of halogens is 4. The van der Waals surface area contributed by atoms with Crippen LogP contribution in [0.25, 0.3) is 11.1 Å². The molecule has 0 aliphatic carbocycles. The molecule has 0 aromatic heterocycles. The number of hydrogen-bond donors (Lipinski definition) is 1. The number of aliphatic carboxylic acids is 1. The molecule has 3 aromatic carbocycles. The van der Waals surface area contributed by atoms with E-state index in [2.05, 4.69) is 0 Å². The third kappa shape index (κ3) is 7.19. The second-order valence-corrected chi connectivity index (χ2v) is 9.00. The summed E-state index contributed by atoms with van der Waals surface area (Å²) in [6.45, 7) is 3.35. The molecule has 0 bridgehead atoms. The van der Waals surface area contributed by atoms with E-state index in [0.717, 1.165) is 12.1 Å². The number of rotatable bonds is 9. The summed E-state index contributed by atoms with van der Waals surface area (Å²) in [5.41, 5.74) is 1.26. The maximum Gasteiger partial charge on any atom is 0.416 e. The van der Waals surface area contributed by atoms with Crippen molar-refractivity contribution >= 4 is 23.7 Å². The first-order valence-electron chi connectivity index (χ1n) is 11.7. The van der Waals surface area contributed by atoms with Gasteiger partial charge in [0.05, 0.1) is 19.1 Å². The van der Waals surface area contributed by atoms with Crippen LogP contribution in [0, 0.1) is 0 Å². The SMILES string of the molecule is CCN(Cc1cc(C(F)(F)F)ccc1-c1cc(CC(=O)O)ccc1OC)C(=O)OC(C)c1ccc(Cl)cc1. The van der Waals surface area contributed by atoms with Crippen molar-refractivity contribution in [2.24, 2.45) is 0 Å². The fourth-order valence-corrected chi connectivity index (χ4v) is 4.08. The van der Waals surface area contributed by atoms with E-state index < -0.39 is 29.9 Å². The van der Waals surface area contributed by atoms with Crippen molar-refractivity contribution < 1.29 is 37.3 Å². The van der Waals surface area contributed by atoms with Crippen molar-refractivity contribution in [1.82, 2.24) is 4.90 Å². The maximum absolute atomic E-state index is 13.6. The third-order valence-corrected chi connectivity index (χ3v) is 6.21. The summed E-state index contributed by atoms with van der Waals surface area (Å²) >= 11 is 5.92. The molecule has 0 spiro atoms. The highest BCUT2D eigenvalue weighted by Gasteiger charge is 2.32. The molecule has 6 nitrogen and oxygen atoms in total. The van der Waals surface area contributed by atoms with Crippen molar-refractivity contribution in [3.05, 3.63) is 87.9 Å². The molecule has 1 N–H and O–H groups in total. The van der Waals surface area contributed by atoms with Gasteiger partial charge in [0.1, 0.15) is 11.9 Å². The minimum absolute atomic E-state index is 0.165. The van der Waals surface area contributed by atoms with E-state index in [9.17, 15) is 27.9 Å². The molecule has 0 aliphatic heterocycles. The molecule has 1 amide bonds. The van der Waals surface area contributed by atoms with E-state index >= 15 is 0 Å². The number of carbonyl (C=O) groups excluding carboxylic acids is 1. The van der Waals surface area contributed by atoms with E-state index in [0.29, 0.717) is 33.0 Å². The molecule has 3 rings (SSSR count). The lowest BCUT2D eigenvalue weighted by atomic mass is 9.94. The van der Waals surface area contributed by atoms with Crippen LogP contribution in [0.3, 0.4) is 0 Å². The Hall–Kier alpha value is -3.72. The number of alkyl halides is 3. The van der Waals surface area contributed by atoms with E-state index in [4.69, 9.17) is 21.1 Å². The van der Waals surface area contributed by atoms with Gasteiger partial charge in [0.15, 0.2) is 0 Å². The van der Waals surface area contributed by atoms with Crippen LogP contribution < -0.4 is 4.74 Å². The lowest BCUT2D eigenvalue weighted by Crippen LogP contribution is -2.32. The smallest absolute Gasteiger partial charge is 0.416 e. The van der Waals surface area contributed by atoms with Crippen LogP contribution in [0.1, 0.15) is 42.2 Å². The highest BCUT2D eigenvalue weighted by Crippen LogP contribution is 2.38. The lowest BCUT2D eigenvalue weighted by Gasteiger charge is -2.25. The highest BCUT2D eigenvalue weighted by atomic mass is 35.5. The zero-order chi connectivity index (χ0) is 28.0. The van der Waals surface area contributed by atoms with Crippen LogP contribution in [0.5, 0.6) is 5.75 Å². The number of carboxylic acid groups (broad SMARTS) is 1. The van der Waals surface area contributed by atoms with Crippen LogP contribution in [-0.4, -0.2) is 35.7 Å². The first-order valence-corrected chi connectivity index (χ1v) is 12.1. The van der Waals surface area contributed by atoms with Gasteiger partial charge < -0.3 is 19.5 Å². The number of benzene rings is 3. The zero-order valence-corrected chi connectivity index (χ0v) is 21.8. The van der Waals surface area contributed by atoms with Gasteiger partial charge in [0, 0.05) is 23.7 Å². The van der Waals surface area contributed by atoms with Crippen molar-refractivity contribution in [2.45, 2.75) is 39.1 Å². The molecule has 38 heavy (non-hydrogen) atoms. The normalized spacial score (nSPS) is 12.1. The Morgan fingerprint density at radius 3 is 2.29 bits per heavy atom. The Morgan fingerprint density at radius 1 is 1.03 bits per heavy atom. The Balaban J connectivity index is 2.00. The Labute approximate surface area is 223 Å². The summed E-state index contributed by atoms with van der Waals surface area (Å²) in [6.07, 6.45) is -6.21. The van der Waals surface area contributed by atoms with E-state index in [1.54, 1.807) is 56.3 Å². The van der Waals surface area contributed by atoms with E-state index in [1.165, 1.54) is 18.1 Å². The summed E-state index contributed by atoms with van der Waals surface area (Å²) in [4.78, 5) is 25.6. The van der Waals surface area contributed by atoms with Gasteiger partial charge in [0.25, 0.3) is 0 Å². The quantitative estimate of drug-likeness (QED) is 0.301. The van der Waals surface area contributed by atoms with Crippen molar-refractivity contribution in [3.63, 3.8) is 0 Å². The summed E-state index contributed by atoms with van der Waals surface area (Å²) in [7, 11) is 1.41. The summed E-state index contributed by atoms with van der Waals surface area (Å²) in [5, 5.41) is 9.72. The second kappa shape index (κ2) is 12.2. The molecular formula is C28H27ClF3NO5. The van der Waals surface area contributed by atoms with Crippen LogP contribution in [-0.2, 0) is 28.7 Å². The number of ether oxygens (including phenoxy) is 2. The zero-order valence-electron chi connectivity index (χ0n) is 21.0. The summed E-state index contributed by atoms with van der Waals surface area (Å²) in [6, 6.07) is 14.7. The van der Waals surface area contributed by atoms with Crippen LogP contribution in [0.15, 0.2) is 60.7 Å². The Bertz CT molecular complexity index is 1290. The van der Waals surface area contributed by atoms with Crippen LogP contribution in [0.2, 0.25) is 5.02 Å². The number of amides is 1. The molecule has 1 unspecified atom stereocenters. The molecule has 0 saturated carbocycles. The number of carboxylic acids is 1. The number of nitrogens with zero attached hydrogens (tertiary/aromatic N) is 1. The second-order valence-electron chi connectivity index (χ2n) is 8.57. The molecule has 1 atom stereocenters. The topological polar surface area (TPSA) is 76.1 Å². The molecule has 0 fully saturated rings. The first kappa shape index (κ1) is 28.8. The number of methoxy groups -OCH3 is 1. The van der Waals surface area contributed by atoms with Crippen molar-refractivity contribution in [2.75, 3.05) is 13.7 Å². The predicted molar refractivity (Wildman–Crippen MR) is 137 cm³/mol. The molecule has 0 heterocycles. The summed E-state index contributed by atoms with van der Waals surface area (Å²) in [5.74, 6) is -0.703. The average molecular weight is 550 g/mol. The minimum atomic E-state index is -4.61. The molecule has 10 heteroatoms. The first-order chi connectivity index (χ1) is 17.9. The molecule has 3 aromatic rings. The average Bonchev–Trinajstić information content (AvgIpc) is 2.86. The third-order valence-electron chi connectivity index (χ3n) is 5.96. The Morgan fingerprint density at radius 2 is 1.71 bits per heavy atom. The van der Waals surface area contributed by atoms with Gasteiger partial charge in [-0.3, -0.25) is 4.79 Å².